The highest BCUT2D eigenvalue weighted by Gasteiger charge is 2.27. The number of benzene rings is 1. The van der Waals surface area contributed by atoms with Crippen LogP contribution in [0.2, 0.25) is 0 Å². The highest BCUT2D eigenvalue weighted by atomic mass is 16.6. The first-order valence-electron chi connectivity index (χ1n) is 12.9. The molecule has 4 rings (SSSR count). The first-order valence-corrected chi connectivity index (χ1v) is 12.9. The first kappa shape index (κ1) is 24.3. The summed E-state index contributed by atoms with van der Waals surface area (Å²) in [5.41, 5.74) is 0.750. The van der Waals surface area contributed by atoms with Crippen molar-refractivity contribution in [3.05, 3.63) is 23.8 Å². The Balaban J connectivity index is 1.27. The molecule has 0 saturated carbocycles. The second-order valence-electron chi connectivity index (χ2n) is 9.68. The number of unbranched alkanes of at least 4 members (excludes halogenated alkanes) is 2. The van der Waals surface area contributed by atoms with Crippen molar-refractivity contribution < 1.29 is 24.1 Å². The predicted octanol–water partition coefficient (Wildman–Crippen LogP) is 3.45. The van der Waals surface area contributed by atoms with Gasteiger partial charge in [-0.05, 0) is 68.8 Å². The van der Waals surface area contributed by atoms with Crippen molar-refractivity contribution in [2.75, 3.05) is 46.1 Å². The van der Waals surface area contributed by atoms with Crippen molar-refractivity contribution in [2.24, 2.45) is 5.92 Å². The topological polar surface area (TPSA) is 80.3 Å². The van der Waals surface area contributed by atoms with Crippen LogP contribution in [-0.2, 0) is 9.53 Å². The molecule has 2 saturated heterocycles. The van der Waals surface area contributed by atoms with E-state index in [4.69, 9.17) is 14.2 Å². The third-order valence-electron chi connectivity index (χ3n) is 7.15. The maximum atomic E-state index is 12.8. The van der Waals surface area contributed by atoms with E-state index in [1.54, 1.807) is 0 Å². The Morgan fingerprint density at radius 2 is 1.79 bits per heavy atom. The van der Waals surface area contributed by atoms with E-state index < -0.39 is 6.10 Å². The number of hydrogen-bond acceptors (Lipinski definition) is 6. The van der Waals surface area contributed by atoms with Gasteiger partial charge in [-0.2, -0.15) is 0 Å². The normalized spacial score (nSPS) is 21.0. The number of nitrogens with one attached hydrogen (secondary N) is 1. The van der Waals surface area contributed by atoms with Gasteiger partial charge in [0.15, 0.2) is 11.5 Å². The van der Waals surface area contributed by atoms with Crippen LogP contribution < -0.4 is 14.8 Å². The van der Waals surface area contributed by atoms with Gasteiger partial charge >= 0.3 is 0 Å². The average Bonchev–Trinajstić information content (AvgIpc) is 3.36. The SMILES string of the molecule is O=C(CCCCCC1CCOCC1)N[C@H](CN1CCCC1)[C@H](O)c1ccc2c(c1)OCCO2. The fraction of sp³-hybridized carbons (Fsp3) is 0.731. The van der Waals surface area contributed by atoms with E-state index >= 15 is 0 Å². The number of ether oxygens (including phenoxy) is 3. The standard InChI is InChI=1S/C26H40N2O5/c29-25(7-3-1-2-6-20-10-14-31-15-11-20)27-22(19-28-12-4-5-13-28)26(30)21-8-9-23-24(18-21)33-17-16-32-23/h8-9,18,20,22,26,30H,1-7,10-17,19H2,(H,27,29)/t22-,26-/m1/s1. The summed E-state index contributed by atoms with van der Waals surface area (Å²) >= 11 is 0. The van der Waals surface area contributed by atoms with Gasteiger partial charge in [0.05, 0.1) is 6.04 Å². The Bertz CT molecular complexity index is 746. The van der Waals surface area contributed by atoms with Gasteiger partial charge in [0.1, 0.15) is 19.3 Å². The number of carbonyl (C=O) groups excluding carboxylic acids is 1. The van der Waals surface area contributed by atoms with Gasteiger partial charge in [0.25, 0.3) is 0 Å². The lowest BCUT2D eigenvalue weighted by Gasteiger charge is -2.29. The van der Waals surface area contributed by atoms with Crippen LogP contribution in [0.4, 0.5) is 0 Å². The molecule has 2 fully saturated rings. The van der Waals surface area contributed by atoms with Crippen molar-refractivity contribution in [1.82, 2.24) is 10.2 Å². The van der Waals surface area contributed by atoms with Crippen LogP contribution in [0, 0.1) is 5.92 Å². The first-order chi connectivity index (χ1) is 16.2. The summed E-state index contributed by atoms with van der Waals surface area (Å²) in [6, 6.07) is 5.22. The summed E-state index contributed by atoms with van der Waals surface area (Å²) in [5, 5.41) is 14.3. The molecule has 7 heteroatoms. The Morgan fingerprint density at radius 3 is 2.58 bits per heavy atom. The third kappa shape index (κ3) is 7.33. The minimum absolute atomic E-state index is 0.0295. The van der Waals surface area contributed by atoms with Gasteiger partial charge in [0, 0.05) is 26.2 Å². The number of hydrogen-bond donors (Lipinski definition) is 2. The number of carbonyl (C=O) groups is 1. The largest absolute Gasteiger partial charge is 0.486 e. The molecule has 0 bridgehead atoms. The molecule has 1 amide bonds. The summed E-state index contributed by atoms with van der Waals surface area (Å²) < 4.78 is 16.7. The number of fused-ring (bicyclic) bond motifs is 1. The van der Waals surface area contributed by atoms with Gasteiger partial charge in [0.2, 0.25) is 5.91 Å². The molecule has 0 aromatic heterocycles. The molecule has 7 nitrogen and oxygen atoms in total. The van der Waals surface area contributed by atoms with Crippen LogP contribution in [0.1, 0.15) is 69.5 Å². The molecule has 2 N–H and O–H groups in total. The molecule has 3 aliphatic heterocycles. The lowest BCUT2D eigenvalue weighted by Crippen LogP contribution is -2.46. The summed E-state index contributed by atoms with van der Waals surface area (Å²) in [6.07, 6.45) is 8.81. The number of aliphatic hydroxyl groups is 1. The fourth-order valence-electron chi connectivity index (χ4n) is 5.15. The lowest BCUT2D eigenvalue weighted by atomic mass is 9.93. The molecule has 3 heterocycles. The van der Waals surface area contributed by atoms with E-state index in [1.165, 1.54) is 38.5 Å². The zero-order valence-electron chi connectivity index (χ0n) is 19.8. The summed E-state index contributed by atoms with van der Waals surface area (Å²) in [5.74, 6) is 2.19. The highest BCUT2D eigenvalue weighted by molar-refractivity contribution is 5.76. The maximum absolute atomic E-state index is 12.8. The molecule has 1 aromatic rings. The molecule has 184 valence electrons. The molecule has 2 atom stereocenters. The molecule has 33 heavy (non-hydrogen) atoms. The molecule has 0 spiro atoms. The van der Waals surface area contributed by atoms with Crippen molar-refractivity contribution in [2.45, 2.75) is 69.9 Å². The Morgan fingerprint density at radius 1 is 1.03 bits per heavy atom. The smallest absolute Gasteiger partial charge is 0.220 e. The van der Waals surface area contributed by atoms with Crippen LogP contribution >= 0.6 is 0 Å². The second kappa shape index (κ2) is 12.6. The van der Waals surface area contributed by atoms with E-state index in [1.807, 2.05) is 18.2 Å². The van der Waals surface area contributed by atoms with Gasteiger partial charge in [-0.25, -0.2) is 0 Å². The van der Waals surface area contributed by atoms with E-state index in [0.717, 1.165) is 50.6 Å². The van der Waals surface area contributed by atoms with Crippen LogP contribution in [-0.4, -0.2) is 68.0 Å². The van der Waals surface area contributed by atoms with Gasteiger partial charge in [-0.15, -0.1) is 0 Å². The zero-order chi connectivity index (χ0) is 22.9. The van der Waals surface area contributed by atoms with Crippen molar-refractivity contribution >= 4 is 5.91 Å². The van der Waals surface area contributed by atoms with Crippen molar-refractivity contribution in [3.63, 3.8) is 0 Å². The molecule has 0 unspecified atom stereocenters. The summed E-state index contributed by atoms with van der Waals surface area (Å²) in [4.78, 5) is 15.1. The van der Waals surface area contributed by atoms with E-state index in [2.05, 4.69) is 10.2 Å². The highest BCUT2D eigenvalue weighted by Crippen LogP contribution is 2.33. The van der Waals surface area contributed by atoms with E-state index in [0.29, 0.717) is 37.7 Å². The number of aliphatic hydroxyl groups excluding tert-OH is 1. The predicted molar refractivity (Wildman–Crippen MR) is 127 cm³/mol. The zero-order valence-corrected chi connectivity index (χ0v) is 19.8. The fourth-order valence-corrected chi connectivity index (χ4v) is 5.15. The van der Waals surface area contributed by atoms with E-state index in [-0.39, 0.29) is 11.9 Å². The van der Waals surface area contributed by atoms with Gasteiger partial charge in [-0.1, -0.05) is 25.3 Å². The van der Waals surface area contributed by atoms with Crippen LogP contribution in [0.15, 0.2) is 18.2 Å². The van der Waals surface area contributed by atoms with Crippen molar-refractivity contribution in [3.8, 4) is 11.5 Å². The second-order valence-corrected chi connectivity index (χ2v) is 9.68. The van der Waals surface area contributed by atoms with E-state index in [9.17, 15) is 9.90 Å². The van der Waals surface area contributed by atoms with Crippen LogP contribution in [0.25, 0.3) is 0 Å². The Hall–Kier alpha value is -1.83. The van der Waals surface area contributed by atoms with Gasteiger partial charge in [-0.3, -0.25) is 4.79 Å². The Kier molecular flexibility index (Phi) is 9.26. The molecule has 0 aliphatic carbocycles. The Labute approximate surface area is 197 Å². The quantitative estimate of drug-likeness (QED) is 0.493. The molecule has 3 aliphatic rings. The summed E-state index contributed by atoms with van der Waals surface area (Å²) in [6.45, 7) is 5.55. The lowest BCUT2D eigenvalue weighted by molar-refractivity contribution is -0.123. The maximum Gasteiger partial charge on any atom is 0.220 e. The molecule has 0 radical (unpaired) electrons. The van der Waals surface area contributed by atoms with Crippen LogP contribution in [0.5, 0.6) is 11.5 Å². The number of amides is 1. The summed E-state index contributed by atoms with van der Waals surface area (Å²) in [7, 11) is 0. The number of likely N-dealkylation sites (tertiary alicyclic amines) is 1. The van der Waals surface area contributed by atoms with Crippen LogP contribution in [0.3, 0.4) is 0 Å². The monoisotopic (exact) mass is 460 g/mol. The minimum atomic E-state index is -0.793. The third-order valence-corrected chi connectivity index (χ3v) is 7.15. The molecular formula is C26H40N2O5. The molecule has 1 aromatic carbocycles. The number of nitrogens with zero attached hydrogens (tertiary/aromatic N) is 1. The minimum Gasteiger partial charge on any atom is -0.486 e. The average molecular weight is 461 g/mol. The van der Waals surface area contributed by atoms with Gasteiger partial charge < -0.3 is 29.5 Å². The molecular weight excluding hydrogens is 420 g/mol. The van der Waals surface area contributed by atoms with Crippen molar-refractivity contribution in [1.29, 1.82) is 0 Å². The number of rotatable bonds is 11.